The van der Waals surface area contributed by atoms with Crippen molar-refractivity contribution in [3.05, 3.63) is 34.9 Å². The van der Waals surface area contributed by atoms with Gasteiger partial charge in [0.2, 0.25) is 0 Å². The number of nitrogens with two attached hydrogens (primary N) is 1. The van der Waals surface area contributed by atoms with Crippen molar-refractivity contribution in [2.24, 2.45) is 11.7 Å². The van der Waals surface area contributed by atoms with Gasteiger partial charge < -0.3 is 11.1 Å². The standard InChI is InChI=1S/C16H24N2O/c1-11-3-4-12(2)15(9-11)16(19)18-10-13-5-7-14(17)8-6-13/h3-4,9,13-14H,5-8,10,17H2,1-2H3,(H,18,19). The first kappa shape index (κ1) is 14.1. The minimum absolute atomic E-state index is 0.0519. The Labute approximate surface area is 115 Å². The van der Waals surface area contributed by atoms with Gasteiger partial charge in [-0.25, -0.2) is 0 Å². The van der Waals surface area contributed by atoms with Crippen molar-refractivity contribution < 1.29 is 4.79 Å². The van der Waals surface area contributed by atoms with Gasteiger partial charge in [0.1, 0.15) is 0 Å². The fourth-order valence-electron chi connectivity index (χ4n) is 2.71. The topological polar surface area (TPSA) is 55.1 Å². The molecule has 1 amide bonds. The Morgan fingerprint density at radius 2 is 1.95 bits per heavy atom. The van der Waals surface area contributed by atoms with Crippen LogP contribution in [0.4, 0.5) is 0 Å². The Kier molecular flexibility index (Phi) is 4.59. The van der Waals surface area contributed by atoms with E-state index in [1.165, 1.54) is 0 Å². The summed E-state index contributed by atoms with van der Waals surface area (Å²) in [5.74, 6) is 0.643. The second kappa shape index (κ2) is 6.20. The first-order valence-electron chi connectivity index (χ1n) is 7.17. The number of nitrogens with one attached hydrogen (secondary N) is 1. The monoisotopic (exact) mass is 260 g/mol. The average Bonchev–Trinajstić information content (AvgIpc) is 2.40. The molecule has 3 N–H and O–H groups in total. The molecule has 1 saturated carbocycles. The highest BCUT2D eigenvalue weighted by molar-refractivity contribution is 5.95. The molecular formula is C16H24N2O. The summed E-state index contributed by atoms with van der Waals surface area (Å²) in [5.41, 5.74) is 8.85. The Hall–Kier alpha value is -1.35. The molecule has 3 heteroatoms. The van der Waals surface area contributed by atoms with Crippen molar-refractivity contribution in [2.45, 2.75) is 45.6 Å². The third-order valence-corrected chi connectivity index (χ3v) is 4.08. The van der Waals surface area contributed by atoms with Crippen LogP contribution in [0.15, 0.2) is 18.2 Å². The highest BCUT2D eigenvalue weighted by atomic mass is 16.1. The molecule has 0 saturated heterocycles. The summed E-state index contributed by atoms with van der Waals surface area (Å²) < 4.78 is 0. The predicted molar refractivity (Wildman–Crippen MR) is 78.2 cm³/mol. The first-order valence-corrected chi connectivity index (χ1v) is 7.17. The van der Waals surface area contributed by atoms with Crippen LogP contribution in [0.3, 0.4) is 0 Å². The fraction of sp³-hybridized carbons (Fsp3) is 0.562. The SMILES string of the molecule is Cc1ccc(C)c(C(=O)NCC2CCC(N)CC2)c1. The highest BCUT2D eigenvalue weighted by Crippen LogP contribution is 2.22. The fourth-order valence-corrected chi connectivity index (χ4v) is 2.71. The molecule has 0 spiro atoms. The predicted octanol–water partition coefficient (Wildman–Crippen LogP) is 2.55. The van der Waals surface area contributed by atoms with Gasteiger partial charge >= 0.3 is 0 Å². The lowest BCUT2D eigenvalue weighted by atomic mass is 9.86. The summed E-state index contributed by atoms with van der Waals surface area (Å²) in [5, 5.41) is 3.07. The van der Waals surface area contributed by atoms with Gasteiger partial charge in [0.05, 0.1) is 0 Å². The molecule has 0 unspecified atom stereocenters. The number of benzene rings is 1. The smallest absolute Gasteiger partial charge is 0.251 e. The third kappa shape index (κ3) is 3.80. The summed E-state index contributed by atoms with van der Waals surface area (Å²) in [6, 6.07) is 6.37. The van der Waals surface area contributed by atoms with Crippen molar-refractivity contribution in [1.82, 2.24) is 5.32 Å². The maximum Gasteiger partial charge on any atom is 0.251 e. The van der Waals surface area contributed by atoms with Crippen molar-refractivity contribution >= 4 is 5.91 Å². The van der Waals surface area contributed by atoms with Crippen LogP contribution in [0.1, 0.15) is 47.2 Å². The van der Waals surface area contributed by atoms with Crippen LogP contribution >= 0.6 is 0 Å². The van der Waals surface area contributed by atoms with Crippen molar-refractivity contribution in [2.75, 3.05) is 6.54 Å². The zero-order valence-corrected chi connectivity index (χ0v) is 11.9. The maximum atomic E-state index is 12.2. The molecule has 0 atom stereocenters. The molecule has 19 heavy (non-hydrogen) atoms. The molecule has 1 aromatic carbocycles. The Morgan fingerprint density at radius 3 is 2.63 bits per heavy atom. The van der Waals surface area contributed by atoms with E-state index >= 15 is 0 Å². The van der Waals surface area contributed by atoms with Gasteiger partial charge in [-0.3, -0.25) is 4.79 Å². The molecule has 1 aromatic rings. The first-order chi connectivity index (χ1) is 9.06. The van der Waals surface area contributed by atoms with Gasteiger partial charge in [0.25, 0.3) is 5.91 Å². The summed E-state index contributed by atoms with van der Waals surface area (Å²) in [7, 11) is 0. The molecule has 3 nitrogen and oxygen atoms in total. The van der Waals surface area contributed by atoms with E-state index in [9.17, 15) is 4.79 Å². The lowest BCUT2D eigenvalue weighted by Gasteiger charge is -2.26. The molecule has 104 valence electrons. The van der Waals surface area contributed by atoms with E-state index in [1.54, 1.807) is 0 Å². The van der Waals surface area contributed by atoms with Gasteiger partial charge in [0.15, 0.2) is 0 Å². The van der Waals surface area contributed by atoms with Crippen molar-refractivity contribution in [1.29, 1.82) is 0 Å². The molecule has 0 aliphatic heterocycles. The largest absolute Gasteiger partial charge is 0.352 e. The number of carbonyl (C=O) groups excluding carboxylic acids is 1. The lowest BCUT2D eigenvalue weighted by Crippen LogP contribution is -2.34. The molecule has 1 aliphatic carbocycles. The highest BCUT2D eigenvalue weighted by Gasteiger charge is 2.19. The Morgan fingerprint density at radius 1 is 1.26 bits per heavy atom. The van der Waals surface area contributed by atoms with Crippen LogP contribution in [0.2, 0.25) is 0 Å². The third-order valence-electron chi connectivity index (χ3n) is 4.08. The van der Waals surface area contributed by atoms with Crippen LogP contribution in [0.5, 0.6) is 0 Å². The number of hydrogen-bond acceptors (Lipinski definition) is 2. The van der Waals surface area contributed by atoms with Crippen molar-refractivity contribution in [3.8, 4) is 0 Å². The van der Waals surface area contributed by atoms with E-state index in [0.717, 1.165) is 48.9 Å². The molecule has 0 heterocycles. The van der Waals surface area contributed by atoms with E-state index in [-0.39, 0.29) is 5.91 Å². The molecule has 0 bridgehead atoms. The zero-order valence-electron chi connectivity index (χ0n) is 11.9. The second-order valence-corrected chi connectivity index (χ2v) is 5.81. The quantitative estimate of drug-likeness (QED) is 0.877. The van der Waals surface area contributed by atoms with Crippen molar-refractivity contribution in [3.63, 3.8) is 0 Å². The normalized spacial score (nSPS) is 23.1. The summed E-state index contributed by atoms with van der Waals surface area (Å²) in [6.45, 7) is 4.77. The van der Waals surface area contributed by atoms with E-state index < -0.39 is 0 Å². The average molecular weight is 260 g/mol. The van der Waals surface area contributed by atoms with E-state index in [2.05, 4.69) is 5.32 Å². The van der Waals surface area contributed by atoms with Crippen LogP contribution in [-0.2, 0) is 0 Å². The lowest BCUT2D eigenvalue weighted by molar-refractivity contribution is 0.0942. The molecule has 1 aliphatic rings. The second-order valence-electron chi connectivity index (χ2n) is 5.81. The molecule has 2 rings (SSSR count). The van der Waals surface area contributed by atoms with Gasteiger partial charge in [0, 0.05) is 18.2 Å². The molecular weight excluding hydrogens is 236 g/mol. The van der Waals surface area contributed by atoms with E-state index in [1.807, 2.05) is 32.0 Å². The van der Waals surface area contributed by atoms with Crippen LogP contribution in [0.25, 0.3) is 0 Å². The Bertz CT molecular complexity index is 448. The molecule has 0 radical (unpaired) electrons. The van der Waals surface area contributed by atoms with Gasteiger partial charge in [-0.1, -0.05) is 17.7 Å². The number of amides is 1. The minimum Gasteiger partial charge on any atom is -0.352 e. The van der Waals surface area contributed by atoms with E-state index in [0.29, 0.717) is 12.0 Å². The maximum absolute atomic E-state index is 12.2. The van der Waals surface area contributed by atoms with Gasteiger partial charge in [-0.2, -0.15) is 0 Å². The summed E-state index contributed by atoms with van der Waals surface area (Å²) in [6.07, 6.45) is 4.44. The van der Waals surface area contributed by atoms with Crippen LogP contribution in [0, 0.1) is 19.8 Å². The molecule has 0 aromatic heterocycles. The van der Waals surface area contributed by atoms with E-state index in [4.69, 9.17) is 5.73 Å². The number of carbonyl (C=O) groups is 1. The minimum atomic E-state index is 0.0519. The summed E-state index contributed by atoms with van der Waals surface area (Å²) in [4.78, 5) is 12.2. The molecule has 1 fully saturated rings. The number of aryl methyl sites for hydroxylation is 2. The number of hydrogen-bond donors (Lipinski definition) is 2. The summed E-state index contributed by atoms with van der Waals surface area (Å²) >= 11 is 0. The van der Waals surface area contributed by atoms with Gasteiger partial charge in [-0.15, -0.1) is 0 Å². The van der Waals surface area contributed by atoms with Gasteiger partial charge in [-0.05, 0) is 57.1 Å². The van der Waals surface area contributed by atoms with Crippen LogP contribution in [-0.4, -0.2) is 18.5 Å². The Balaban J connectivity index is 1.89. The zero-order chi connectivity index (χ0) is 13.8. The van der Waals surface area contributed by atoms with Crippen LogP contribution < -0.4 is 11.1 Å². The number of rotatable bonds is 3.